The van der Waals surface area contributed by atoms with Crippen molar-refractivity contribution in [2.75, 3.05) is 5.32 Å². The number of hydrogen-bond acceptors (Lipinski definition) is 3. The number of aliphatic carboxylic acids is 1. The van der Waals surface area contributed by atoms with E-state index in [0.717, 1.165) is 17.7 Å². The van der Waals surface area contributed by atoms with Crippen molar-refractivity contribution in [3.63, 3.8) is 0 Å². The van der Waals surface area contributed by atoms with E-state index >= 15 is 0 Å². The number of rotatable bonds is 5. The molecule has 19 heavy (non-hydrogen) atoms. The van der Waals surface area contributed by atoms with Crippen LogP contribution in [0.3, 0.4) is 0 Å². The summed E-state index contributed by atoms with van der Waals surface area (Å²) >= 11 is 0. The lowest BCUT2D eigenvalue weighted by atomic mass is 10.1. The van der Waals surface area contributed by atoms with E-state index in [1.165, 1.54) is 0 Å². The molecular weight excluding hydrogens is 244 g/mol. The highest BCUT2D eigenvalue weighted by Gasteiger charge is 2.29. The first kappa shape index (κ1) is 13.4. The quantitative estimate of drug-likeness (QED) is 0.749. The molecule has 0 saturated carbocycles. The molecule has 0 bridgehead atoms. The van der Waals surface area contributed by atoms with Gasteiger partial charge in [0.2, 0.25) is 5.91 Å². The number of carbonyl (C=O) groups excluding carboxylic acids is 1. The van der Waals surface area contributed by atoms with Crippen LogP contribution in [0, 0.1) is 0 Å². The zero-order valence-electron chi connectivity index (χ0n) is 10.8. The van der Waals surface area contributed by atoms with E-state index in [1.54, 1.807) is 0 Å². The molecule has 0 aromatic heterocycles. The van der Waals surface area contributed by atoms with Gasteiger partial charge < -0.3 is 15.7 Å². The van der Waals surface area contributed by atoms with Gasteiger partial charge in [-0.15, -0.1) is 0 Å². The minimum Gasteiger partial charge on any atom is -0.480 e. The molecule has 102 valence electrons. The maximum atomic E-state index is 12.1. The van der Waals surface area contributed by atoms with Gasteiger partial charge in [0.1, 0.15) is 12.1 Å². The van der Waals surface area contributed by atoms with Gasteiger partial charge in [0, 0.05) is 12.1 Å². The molecule has 0 radical (unpaired) electrons. The Hall–Kier alpha value is -2.04. The minimum absolute atomic E-state index is 0.253. The van der Waals surface area contributed by atoms with E-state index in [0.29, 0.717) is 12.8 Å². The zero-order chi connectivity index (χ0) is 13.8. The topological polar surface area (TPSA) is 78.4 Å². The van der Waals surface area contributed by atoms with Gasteiger partial charge in [0.15, 0.2) is 0 Å². The number of carboxylic acids is 1. The zero-order valence-corrected chi connectivity index (χ0v) is 10.8. The summed E-state index contributed by atoms with van der Waals surface area (Å²) in [6, 6.07) is 6.54. The predicted octanol–water partition coefficient (Wildman–Crippen LogP) is 1.39. The Balaban J connectivity index is 1.97. The van der Waals surface area contributed by atoms with Crippen LogP contribution < -0.4 is 10.6 Å². The highest BCUT2D eigenvalue weighted by Crippen LogP contribution is 2.25. The first-order valence-electron chi connectivity index (χ1n) is 6.49. The van der Waals surface area contributed by atoms with Crippen LogP contribution in [-0.4, -0.2) is 29.1 Å². The van der Waals surface area contributed by atoms with Gasteiger partial charge in [0.05, 0.1) is 0 Å². The Labute approximate surface area is 112 Å². The van der Waals surface area contributed by atoms with E-state index in [-0.39, 0.29) is 11.9 Å². The first-order chi connectivity index (χ1) is 9.11. The number of anilines is 1. The second-order valence-electron chi connectivity index (χ2n) is 4.75. The van der Waals surface area contributed by atoms with Crippen molar-refractivity contribution in [2.24, 2.45) is 0 Å². The Morgan fingerprint density at radius 2 is 2.21 bits per heavy atom. The molecule has 2 atom stereocenters. The summed E-state index contributed by atoms with van der Waals surface area (Å²) in [5.41, 5.74) is 2.04. The molecule has 1 aliphatic heterocycles. The van der Waals surface area contributed by atoms with Crippen LogP contribution >= 0.6 is 0 Å². The molecule has 5 nitrogen and oxygen atoms in total. The number of fused-ring (bicyclic) bond motifs is 1. The number of carbonyl (C=O) groups is 2. The standard InChI is InChI=1S/C14H18N2O3/c1-2-5-11(14(18)19)16-13(17)12-8-9-6-3-4-7-10(9)15-12/h3-4,6-7,11-12,15H,2,5,8H2,1H3,(H,16,17)(H,18,19)/t11-,12-/m0/s1. The third kappa shape index (κ3) is 3.05. The predicted molar refractivity (Wildman–Crippen MR) is 72.0 cm³/mol. The molecule has 1 aliphatic rings. The van der Waals surface area contributed by atoms with Crippen LogP contribution in [0.2, 0.25) is 0 Å². The summed E-state index contributed by atoms with van der Waals surface area (Å²) in [6.45, 7) is 1.89. The monoisotopic (exact) mass is 262 g/mol. The van der Waals surface area contributed by atoms with Crippen molar-refractivity contribution < 1.29 is 14.7 Å². The second-order valence-corrected chi connectivity index (χ2v) is 4.75. The second kappa shape index (κ2) is 5.73. The van der Waals surface area contributed by atoms with Gasteiger partial charge in [-0.05, 0) is 18.1 Å². The molecule has 1 amide bonds. The van der Waals surface area contributed by atoms with Gasteiger partial charge in [-0.2, -0.15) is 0 Å². The SMILES string of the molecule is CCC[C@H](NC(=O)[C@@H]1Cc2ccccc2N1)C(=O)O. The smallest absolute Gasteiger partial charge is 0.326 e. The van der Waals surface area contributed by atoms with Gasteiger partial charge >= 0.3 is 5.97 Å². The molecule has 5 heteroatoms. The average molecular weight is 262 g/mol. The number of benzene rings is 1. The Morgan fingerprint density at radius 1 is 1.47 bits per heavy atom. The van der Waals surface area contributed by atoms with Crippen LogP contribution in [0.4, 0.5) is 5.69 Å². The van der Waals surface area contributed by atoms with Crippen molar-refractivity contribution in [1.82, 2.24) is 5.32 Å². The molecule has 0 unspecified atom stereocenters. The molecule has 0 aliphatic carbocycles. The first-order valence-corrected chi connectivity index (χ1v) is 6.49. The van der Waals surface area contributed by atoms with Crippen molar-refractivity contribution in [3.05, 3.63) is 29.8 Å². The summed E-state index contributed by atoms with van der Waals surface area (Å²) in [6.07, 6.45) is 1.76. The Kier molecular flexibility index (Phi) is 4.04. The summed E-state index contributed by atoms with van der Waals surface area (Å²) in [4.78, 5) is 23.1. The molecular formula is C14H18N2O3. The van der Waals surface area contributed by atoms with Crippen LogP contribution in [0.15, 0.2) is 24.3 Å². The third-order valence-electron chi connectivity index (χ3n) is 3.28. The fraction of sp³-hybridized carbons (Fsp3) is 0.429. The van der Waals surface area contributed by atoms with Crippen LogP contribution in [0.25, 0.3) is 0 Å². The fourth-order valence-corrected chi connectivity index (χ4v) is 2.27. The van der Waals surface area contributed by atoms with Gasteiger partial charge in [-0.3, -0.25) is 4.79 Å². The minimum atomic E-state index is -0.981. The van der Waals surface area contributed by atoms with Crippen molar-refractivity contribution in [2.45, 2.75) is 38.3 Å². The Bertz CT molecular complexity index is 462. The molecule has 2 rings (SSSR count). The van der Waals surface area contributed by atoms with Crippen LogP contribution in [0.5, 0.6) is 0 Å². The van der Waals surface area contributed by atoms with E-state index in [2.05, 4.69) is 10.6 Å². The normalized spacial score (nSPS) is 18.3. The molecule has 0 spiro atoms. The lowest BCUT2D eigenvalue weighted by molar-refractivity contribution is -0.142. The van der Waals surface area contributed by atoms with Gasteiger partial charge in [-0.25, -0.2) is 4.79 Å². The fourth-order valence-electron chi connectivity index (χ4n) is 2.27. The average Bonchev–Trinajstić information content (AvgIpc) is 2.81. The Morgan fingerprint density at radius 3 is 2.84 bits per heavy atom. The van der Waals surface area contributed by atoms with Gasteiger partial charge in [0.25, 0.3) is 0 Å². The van der Waals surface area contributed by atoms with E-state index < -0.39 is 12.0 Å². The molecule has 0 saturated heterocycles. The van der Waals surface area contributed by atoms with Gasteiger partial charge in [-0.1, -0.05) is 31.5 Å². The largest absolute Gasteiger partial charge is 0.480 e. The van der Waals surface area contributed by atoms with Crippen molar-refractivity contribution in [1.29, 1.82) is 0 Å². The maximum absolute atomic E-state index is 12.1. The molecule has 1 aromatic carbocycles. The summed E-state index contributed by atoms with van der Waals surface area (Å²) < 4.78 is 0. The maximum Gasteiger partial charge on any atom is 0.326 e. The number of amides is 1. The van der Waals surface area contributed by atoms with E-state index in [9.17, 15) is 9.59 Å². The lowest BCUT2D eigenvalue weighted by Gasteiger charge is -2.17. The van der Waals surface area contributed by atoms with Crippen molar-refractivity contribution in [3.8, 4) is 0 Å². The highest BCUT2D eigenvalue weighted by molar-refractivity contribution is 5.90. The summed E-state index contributed by atoms with van der Waals surface area (Å²) in [5.74, 6) is -1.23. The molecule has 0 fully saturated rings. The van der Waals surface area contributed by atoms with E-state index in [1.807, 2.05) is 31.2 Å². The molecule has 1 heterocycles. The summed E-state index contributed by atoms with van der Waals surface area (Å²) in [7, 11) is 0. The third-order valence-corrected chi connectivity index (χ3v) is 3.28. The number of nitrogens with one attached hydrogen (secondary N) is 2. The van der Waals surface area contributed by atoms with Crippen LogP contribution in [0.1, 0.15) is 25.3 Å². The molecule has 1 aromatic rings. The number of hydrogen-bond donors (Lipinski definition) is 3. The number of para-hydroxylation sites is 1. The highest BCUT2D eigenvalue weighted by atomic mass is 16.4. The number of carboxylic acid groups (broad SMARTS) is 1. The molecule has 3 N–H and O–H groups in total. The van der Waals surface area contributed by atoms with Crippen LogP contribution in [-0.2, 0) is 16.0 Å². The summed E-state index contributed by atoms with van der Waals surface area (Å²) in [5, 5.41) is 14.7. The van der Waals surface area contributed by atoms with Crippen molar-refractivity contribution >= 4 is 17.6 Å². The van der Waals surface area contributed by atoms with E-state index in [4.69, 9.17) is 5.11 Å². The lowest BCUT2D eigenvalue weighted by Crippen LogP contribution is -2.47.